The quantitative estimate of drug-likeness (QED) is 0.298. The molecular weight excluding hydrogens is 484 g/mol. The zero-order chi connectivity index (χ0) is 19.8. The van der Waals surface area contributed by atoms with E-state index in [9.17, 15) is 9.59 Å². The molecule has 8 heteroatoms. The van der Waals surface area contributed by atoms with Crippen molar-refractivity contribution in [2.75, 3.05) is 26.9 Å². The molecule has 0 saturated carbocycles. The molecule has 0 aromatic heterocycles. The lowest BCUT2D eigenvalue weighted by Crippen LogP contribution is -2.13. The number of halogens is 2. The summed E-state index contributed by atoms with van der Waals surface area (Å²) in [5, 5.41) is 0. The Bertz CT molecular complexity index is 822. The minimum absolute atomic E-state index is 0.123. The first-order valence-corrected chi connectivity index (χ1v) is 9.65. The van der Waals surface area contributed by atoms with E-state index >= 15 is 0 Å². The lowest BCUT2D eigenvalue weighted by molar-refractivity contribution is 0.0520. The van der Waals surface area contributed by atoms with Gasteiger partial charge in [-0.2, -0.15) is 0 Å². The topological polar surface area (TPSA) is 71.1 Å². The minimum Gasteiger partial charge on any atom is -0.490 e. The summed E-state index contributed by atoms with van der Waals surface area (Å²) in [6.45, 7) is 2.77. The second kappa shape index (κ2) is 10.4. The van der Waals surface area contributed by atoms with Gasteiger partial charge in [-0.05, 0) is 59.3 Å². The first kappa shape index (κ1) is 21.4. The van der Waals surface area contributed by atoms with E-state index in [2.05, 4.69) is 31.9 Å². The average Bonchev–Trinajstić information content (AvgIpc) is 2.64. The van der Waals surface area contributed by atoms with Crippen molar-refractivity contribution in [3.63, 3.8) is 0 Å². The third-order valence-corrected chi connectivity index (χ3v) is 4.47. The molecule has 144 valence electrons. The molecule has 2 rings (SSSR count). The van der Waals surface area contributed by atoms with Crippen molar-refractivity contribution in [3.05, 3.63) is 56.5 Å². The predicted molar refractivity (Wildman–Crippen MR) is 107 cm³/mol. The lowest BCUT2D eigenvalue weighted by Gasteiger charge is -2.11. The Morgan fingerprint density at radius 3 is 2.37 bits per heavy atom. The van der Waals surface area contributed by atoms with Crippen LogP contribution in [0.25, 0.3) is 0 Å². The van der Waals surface area contributed by atoms with Gasteiger partial charge in [0.25, 0.3) is 0 Å². The zero-order valence-corrected chi connectivity index (χ0v) is 18.0. The van der Waals surface area contributed by atoms with Gasteiger partial charge in [0.05, 0.1) is 23.2 Å². The van der Waals surface area contributed by atoms with Crippen LogP contribution in [0.3, 0.4) is 0 Å². The molecule has 0 aliphatic heterocycles. The van der Waals surface area contributed by atoms with Crippen molar-refractivity contribution in [1.29, 1.82) is 0 Å². The monoisotopic (exact) mass is 500 g/mol. The molecule has 0 aliphatic carbocycles. The van der Waals surface area contributed by atoms with Gasteiger partial charge in [-0.25, -0.2) is 9.59 Å². The highest BCUT2D eigenvalue weighted by Crippen LogP contribution is 2.28. The van der Waals surface area contributed by atoms with E-state index < -0.39 is 11.9 Å². The largest absolute Gasteiger partial charge is 0.490 e. The highest BCUT2D eigenvalue weighted by molar-refractivity contribution is 9.10. The molecule has 6 nitrogen and oxygen atoms in total. The fourth-order valence-electron chi connectivity index (χ4n) is 2.10. The highest BCUT2D eigenvalue weighted by atomic mass is 79.9. The van der Waals surface area contributed by atoms with E-state index in [0.717, 1.165) is 0 Å². The molecule has 0 saturated heterocycles. The van der Waals surface area contributed by atoms with Gasteiger partial charge in [-0.1, -0.05) is 15.9 Å². The number of methoxy groups -OCH3 is 1. The predicted octanol–water partition coefficient (Wildman–Crippen LogP) is 4.63. The number of hydrogen-bond acceptors (Lipinski definition) is 6. The third kappa shape index (κ3) is 6.05. The molecule has 0 unspecified atom stereocenters. The van der Waals surface area contributed by atoms with Crippen molar-refractivity contribution >= 4 is 43.8 Å². The van der Waals surface area contributed by atoms with E-state index in [4.69, 9.17) is 18.9 Å². The fourth-order valence-corrected chi connectivity index (χ4v) is 2.95. The van der Waals surface area contributed by atoms with Gasteiger partial charge < -0.3 is 18.9 Å². The van der Waals surface area contributed by atoms with Crippen molar-refractivity contribution in [3.8, 4) is 11.5 Å². The van der Waals surface area contributed by atoms with E-state index in [-0.39, 0.29) is 17.9 Å². The van der Waals surface area contributed by atoms with E-state index in [1.807, 2.05) is 0 Å². The van der Waals surface area contributed by atoms with E-state index in [1.165, 1.54) is 6.07 Å². The van der Waals surface area contributed by atoms with Gasteiger partial charge in [-0.3, -0.25) is 0 Å². The Balaban J connectivity index is 2.18. The first-order valence-electron chi connectivity index (χ1n) is 8.06. The lowest BCUT2D eigenvalue weighted by atomic mass is 10.2. The SMILES string of the molecule is CCOC(=O)c1cc(Br)ccc1OC(=O)c1ccc(OCCOC)c(Br)c1. The fraction of sp³-hybridized carbons (Fsp3) is 0.263. The Morgan fingerprint density at radius 1 is 0.963 bits per heavy atom. The number of carbonyl (C=O) groups is 2. The maximum atomic E-state index is 12.5. The number of carbonyl (C=O) groups excluding carboxylic acids is 2. The van der Waals surface area contributed by atoms with Gasteiger partial charge >= 0.3 is 11.9 Å². The molecule has 0 bridgehead atoms. The molecule has 0 heterocycles. The second-order valence-corrected chi connectivity index (χ2v) is 7.01. The van der Waals surface area contributed by atoms with Crippen molar-refractivity contribution < 1.29 is 28.5 Å². The van der Waals surface area contributed by atoms with Crippen LogP contribution in [-0.4, -0.2) is 38.9 Å². The van der Waals surface area contributed by atoms with Crippen LogP contribution in [-0.2, 0) is 9.47 Å². The summed E-state index contributed by atoms with van der Waals surface area (Å²) in [7, 11) is 1.59. The zero-order valence-electron chi connectivity index (χ0n) is 14.8. The number of ether oxygens (including phenoxy) is 4. The van der Waals surface area contributed by atoms with Gasteiger partial charge in [-0.15, -0.1) is 0 Å². The van der Waals surface area contributed by atoms with Crippen LogP contribution in [0.15, 0.2) is 45.3 Å². The Kier molecular flexibility index (Phi) is 8.27. The van der Waals surface area contributed by atoms with Crippen LogP contribution in [0.4, 0.5) is 0 Å². The molecule has 0 aliphatic rings. The summed E-state index contributed by atoms with van der Waals surface area (Å²) in [5.41, 5.74) is 0.469. The van der Waals surface area contributed by atoms with E-state index in [1.54, 1.807) is 44.4 Å². The van der Waals surface area contributed by atoms with Crippen LogP contribution in [0.2, 0.25) is 0 Å². The second-order valence-electron chi connectivity index (χ2n) is 5.24. The summed E-state index contributed by atoms with van der Waals surface area (Å²) in [5.74, 6) is -0.464. The maximum Gasteiger partial charge on any atom is 0.343 e. The van der Waals surface area contributed by atoms with Crippen LogP contribution >= 0.6 is 31.9 Å². The van der Waals surface area contributed by atoms with Crippen molar-refractivity contribution in [2.45, 2.75) is 6.92 Å². The summed E-state index contributed by atoms with van der Waals surface area (Å²) < 4.78 is 22.2. The Hall–Kier alpha value is -1.90. The summed E-state index contributed by atoms with van der Waals surface area (Å²) in [6.07, 6.45) is 0. The minimum atomic E-state index is -0.605. The normalized spacial score (nSPS) is 10.4. The number of esters is 2. The third-order valence-electron chi connectivity index (χ3n) is 3.35. The van der Waals surface area contributed by atoms with E-state index in [0.29, 0.717) is 33.5 Å². The molecular formula is C19H18Br2O6. The van der Waals surface area contributed by atoms with Crippen LogP contribution in [0.1, 0.15) is 27.6 Å². The molecule has 0 atom stereocenters. The van der Waals surface area contributed by atoms with Crippen LogP contribution in [0, 0.1) is 0 Å². The molecule has 2 aromatic carbocycles. The summed E-state index contributed by atoms with van der Waals surface area (Å²) in [4.78, 5) is 24.6. The summed E-state index contributed by atoms with van der Waals surface area (Å²) in [6, 6.07) is 9.58. The summed E-state index contributed by atoms with van der Waals surface area (Å²) >= 11 is 6.66. The molecule has 0 spiro atoms. The molecule has 0 amide bonds. The molecule has 0 fully saturated rings. The van der Waals surface area contributed by atoms with Gasteiger partial charge in [0.15, 0.2) is 0 Å². The molecule has 27 heavy (non-hydrogen) atoms. The van der Waals surface area contributed by atoms with Gasteiger partial charge in [0.1, 0.15) is 23.7 Å². The average molecular weight is 502 g/mol. The molecule has 2 aromatic rings. The number of rotatable bonds is 8. The van der Waals surface area contributed by atoms with Crippen LogP contribution < -0.4 is 9.47 Å². The van der Waals surface area contributed by atoms with Gasteiger partial charge in [0.2, 0.25) is 0 Å². The smallest absolute Gasteiger partial charge is 0.343 e. The van der Waals surface area contributed by atoms with Crippen molar-refractivity contribution in [2.24, 2.45) is 0 Å². The first-order chi connectivity index (χ1) is 13.0. The Morgan fingerprint density at radius 2 is 1.70 bits per heavy atom. The molecule has 0 N–H and O–H groups in total. The number of hydrogen-bond donors (Lipinski definition) is 0. The Labute approximate surface area is 174 Å². The maximum absolute atomic E-state index is 12.5. The number of benzene rings is 2. The van der Waals surface area contributed by atoms with Gasteiger partial charge in [0, 0.05) is 11.6 Å². The highest BCUT2D eigenvalue weighted by Gasteiger charge is 2.19. The molecule has 0 radical (unpaired) electrons. The standard InChI is InChI=1S/C19H18Br2O6/c1-3-25-19(23)14-11-13(20)5-7-16(14)27-18(22)12-4-6-17(15(21)10-12)26-9-8-24-2/h4-7,10-11H,3,8-9H2,1-2H3. The van der Waals surface area contributed by atoms with Crippen LogP contribution in [0.5, 0.6) is 11.5 Å². The van der Waals surface area contributed by atoms with Crippen molar-refractivity contribution in [1.82, 2.24) is 0 Å².